The number of hydroxylamine groups is 2. The van der Waals surface area contributed by atoms with Crippen molar-refractivity contribution < 1.29 is 65.0 Å². The lowest BCUT2D eigenvalue weighted by atomic mass is 10.0. The molecule has 5 heterocycles. The fourth-order valence-electron chi connectivity index (χ4n) is 8.03. The van der Waals surface area contributed by atoms with Gasteiger partial charge >= 0.3 is 11.9 Å². The number of hydrogen-bond donors (Lipinski definition) is 3. The minimum atomic E-state index is -1.20. The van der Waals surface area contributed by atoms with Gasteiger partial charge in [0.2, 0.25) is 0 Å². The summed E-state index contributed by atoms with van der Waals surface area (Å²) in [5.74, 6) is -5.95. The summed E-state index contributed by atoms with van der Waals surface area (Å²) in [7, 11) is 0. The zero-order valence-corrected chi connectivity index (χ0v) is 36.9. The van der Waals surface area contributed by atoms with E-state index in [0.717, 1.165) is 36.4 Å². The monoisotopic (exact) mass is 957 g/mol. The SMILES string of the molecule is CC(Nc1cc(F)cc(F)c1)c1cc(C(=O)O)cc2c(=O)cc(N3CCOCC3)oc12.CC(Nc1cc(F)cc(F)c1)c1cc(C(=O)ON2C(=O)CCC2=O)cc2c(=O)cc(N3CCOCC3)oc12. The third kappa shape index (κ3) is 10.8. The van der Waals surface area contributed by atoms with Crippen LogP contribution in [0.15, 0.2) is 91.2 Å². The van der Waals surface area contributed by atoms with Gasteiger partial charge in [0.1, 0.15) is 34.4 Å². The van der Waals surface area contributed by atoms with Crippen LogP contribution in [-0.2, 0) is 23.9 Å². The van der Waals surface area contributed by atoms with Gasteiger partial charge in [0.15, 0.2) is 22.6 Å². The molecule has 0 saturated carbocycles. The molecule has 0 spiro atoms. The largest absolute Gasteiger partial charge is 0.478 e. The number of nitrogens with one attached hydrogen (secondary N) is 2. The van der Waals surface area contributed by atoms with E-state index in [2.05, 4.69) is 10.6 Å². The standard InChI is InChI=1S/C26H23F2N3O7.C22H20F2N2O5/c1-14(29-18-11-16(27)10-17(28)12-18)19-8-15(26(35)38-31-22(33)2-3-23(31)34)9-20-21(32)13-24(37-25(19)20)30-4-6-36-7-5-30;1-12(25-16-9-14(23)8-15(24)10-16)17-6-13(22(28)29)7-18-19(27)11-20(31-21(17)18)26-2-4-30-5-3-26/h8-14,29H,2-7H2,1H3;6-12,25H,2-5H2,1H3,(H,28,29). The number of halogens is 4. The first kappa shape index (κ1) is 47.7. The van der Waals surface area contributed by atoms with Crippen molar-refractivity contribution in [2.24, 2.45) is 0 Å². The molecule has 2 unspecified atom stereocenters. The van der Waals surface area contributed by atoms with Gasteiger partial charge in [-0.3, -0.25) is 19.2 Å². The highest BCUT2D eigenvalue weighted by Gasteiger charge is 2.34. The lowest BCUT2D eigenvalue weighted by molar-refractivity contribution is -0.172. The second-order valence-corrected chi connectivity index (χ2v) is 16.3. The van der Waals surface area contributed by atoms with E-state index < -0.39 is 64.5 Å². The molecule has 69 heavy (non-hydrogen) atoms. The van der Waals surface area contributed by atoms with Gasteiger partial charge < -0.3 is 48.7 Å². The highest BCUT2D eigenvalue weighted by molar-refractivity contribution is 6.03. The lowest BCUT2D eigenvalue weighted by Gasteiger charge is -2.27. The normalized spacial score (nSPS) is 16.0. The van der Waals surface area contributed by atoms with Gasteiger partial charge in [0.25, 0.3) is 11.8 Å². The van der Waals surface area contributed by atoms with Crippen molar-refractivity contribution in [1.29, 1.82) is 0 Å². The van der Waals surface area contributed by atoms with Crippen LogP contribution in [0.3, 0.4) is 0 Å². The van der Waals surface area contributed by atoms with E-state index in [1.54, 1.807) is 13.8 Å². The van der Waals surface area contributed by atoms with Crippen LogP contribution in [-0.4, -0.2) is 86.5 Å². The van der Waals surface area contributed by atoms with E-state index in [1.165, 1.54) is 36.4 Å². The second-order valence-electron chi connectivity index (χ2n) is 16.3. The first-order chi connectivity index (χ1) is 33.0. The van der Waals surface area contributed by atoms with Crippen molar-refractivity contribution in [3.05, 3.63) is 139 Å². The van der Waals surface area contributed by atoms with Gasteiger partial charge in [-0.2, -0.15) is 0 Å². The highest BCUT2D eigenvalue weighted by Crippen LogP contribution is 2.33. The Bertz CT molecular complexity index is 3060. The number of rotatable bonds is 11. The molecule has 4 aromatic carbocycles. The van der Waals surface area contributed by atoms with Gasteiger partial charge in [0, 0.05) is 85.8 Å². The van der Waals surface area contributed by atoms with Crippen molar-refractivity contribution >= 4 is 68.8 Å². The number of carbonyl (C=O) groups excluding carboxylic acids is 3. The molecule has 0 radical (unpaired) electrons. The molecule has 17 nitrogen and oxygen atoms in total. The maximum absolute atomic E-state index is 13.8. The van der Waals surface area contributed by atoms with Crippen LogP contribution < -0.4 is 31.3 Å². The Labute approximate surface area is 388 Å². The topological polar surface area (TPSA) is 210 Å². The van der Waals surface area contributed by atoms with Gasteiger partial charge in [-0.15, -0.1) is 5.06 Å². The summed E-state index contributed by atoms with van der Waals surface area (Å²) in [6, 6.07) is 12.5. The Kier molecular flexibility index (Phi) is 14.0. The number of hydrogen-bond acceptors (Lipinski definition) is 15. The molecule has 3 N–H and O–H groups in total. The van der Waals surface area contributed by atoms with Crippen LogP contribution in [0.4, 0.5) is 40.7 Å². The number of morpholine rings is 2. The summed E-state index contributed by atoms with van der Waals surface area (Å²) in [5, 5.41) is 16.0. The number of carboxylic acids is 1. The predicted molar refractivity (Wildman–Crippen MR) is 241 cm³/mol. The van der Waals surface area contributed by atoms with Crippen LogP contribution in [0.25, 0.3) is 21.9 Å². The molecule has 3 aliphatic heterocycles. The molecule has 9 rings (SSSR count). The molecular weight excluding hydrogens is 915 g/mol. The first-order valence-corrected chi connectivity index (χ1v) is 21.7. The lowest BCUT2D eigenvalue weighted by Crippen LogP contribution is -2.36. The van der Waals surface area contributed by atoms with Crippen molar-refractivity contribution in [2.75, 3.05) is 73.0 Å². The molecule has 360 valence electrons. The molecule has 2 amide bonds. The molecule has 0 aliphatic carbocycles. The molecule has 2 aromatic heterocycles. The Morgan fingerprint density at radius 2 is 0.971 bits per heavy atom. The fraction of sp³-hybridized carbons (Fsp3) is 0.292. The third-order valence-electron chi connectivity index (χ3n) is 11.4. The Balaban J connectivity index is 0.000000190. The van der Waals surface area contributed by atoms with Crippen molar-refractivity contribution in [1.82, 2.24) is 5.06 Å². The molecule has 3 saturated heterocycles. The molecule has 3 fully saturated rings. The van der Waals surface area contributed by atoms with Crippen LogP contribution in [0.2, 0.25) is 0 Å². The molecular formula is C48H43F4N5O12. The van der Waals surface area contributed by atoms with E-state index >= 15 is 0 Å². The fourth-order valence-corrected chi connectivity index (χ4v) is 8.03. The number of fused-ring (bicyclic) bond motifs is 2. The van der Waals surface area contributed by atoms with Crippen LogP contribution in [0, 0.1) is 23.3 Å². The number of ether oxygens (including phenoxy) is 2. The predicted octanol–water partition coefficient (Wildman–Crippen LogP) is 7.08. The molecule has 3 aliphatic rings. The second kappa shape index (κ2) is 20.2. The van der Waals surface area contributed by atoms with Gasteiger partial charge in [0.05, 0.1) is 60.4 Å². The van der Waals surface area contributed by atoms with E-state index in [4.69, 9.17) is 23.1 Å². The maximum atomic E-state index is 13.8. The van der Waals surface area contributed by atoms with Crippen LogP contribution >= 0.6 is 0 Å². The van der Waals surface area contributed by atoms with E-state index in [9.17, 15) is 51.4 Å². The number of carboxylic acid groups (broad SMARTS) is 1. The molecule has 21 heteroatoms. The van der Waals surface area contributed by atoms with Crippen molar-refractivity contribution in [3.8, 4) is 0 Å². The van der Waals surface area contributed by atoms with Gasteiger partial charge in [-0.05, 0) is 62.4 Å². The summed E-state index contributed by atoms with van der Waals surface area (Å²) in [6.07, 6.45) is -0.151. The Morgan fingerprint density at radius 3 is 1.38 bits per heavy atom. The summed E-state index contributed by atoms with van der Waals surface area (Å²) in [5.41, 5.74) is 0.325. The molecule has 6 aromatic rings. The van der Waals surface area contributed by atoms with Gasteiger partial charge in [-0.1, -0.05) is 0 Å². The van der Waals surface area contributed by atoms with Crippen molar-refractivity contribution in [3.63, 3.8) is 0 Å². The number of imide groups is 1. The quantitative estimate of drug-likeness (QED) is 0.0875. The summed E-state index contributed by atoms with van der Waals surface area (Å²) >= 11 is 0. The van der Waals surface area contributed by atoms with E-state index in [1.807, 2.05) is 9.80 Å². The van der Waals surface area contributed by atoms with E-state index in [-0.39, 0.29) is 62.7 Å². The minimum absolute atomic E-state index is 0.0459. The minimum Gasteiger partial charge on any atom is -0.478 e. The average molecular weight is 958 g/mol. The summed E-state index contributed by atoms with van der Waals surface area (Å²) in [4.78, 5) is 83.1. The Hall–Kier alpha value is -7.78. The number of carbonyl (C=O) groups is 4. The zero-order chi connectivity index (χ0) is 49.1. The third-order valence-corrected chi connectivity index (χ3v) is 11.4. The summed E-state index contributed by atoms with van der Waals surface area (Å²) in [6.45, 7) is 7.34. The summed E-state index contributed by atoms with van der Waals surface area (Å²) < 4.78 is 77.6. The molecule has 2 atom stereocenters. The average Bonchev–Trinajstić information content (AvgIpc) is 3.63. The number of amides is 2. The van der Waals surface area contributed by atoms with Crippen LogP contribution in [0.1, 0.15) is 70.6 Å². The molecule has 0 bridgehead atoms. The zero-order valence-electron chi connectivity index (χ0n) is 36.9. The number of anilines is 4. The highest BCUT2D eigenvalue weighted by atomic mass is 19.1. The first-order valence-electron chi connectivity index (χ1n) is 21.7. The Morgan fingerprint density at radius 1 is 0.580 bits per heavy atom. The number of nitrogens with zero attached hydrogens (tertiary/aromatic N) is 3. The number of benzene rings is 4. The van der Waals surface area contributed by atoms with Crippen LogP contribution in [0.5, 0.6) is 0 Å². The van der Waals surface area contributed by atoms with Crippen molar-refractivity contribution in [2.45, 2.75) is 38.8 Å². The van der Waals surface area contributed by atoms with Gasteiger partial charge in [-0.25, -0.2) is 27.2 Å². The van der Waals surface area contributed by atoms with E-state index in [0.29, 0.717) is 80.6 Å². The smallest absolute Gasteiger partial charge is 0.363 e. The maximum Gasteiger partial charge on any atom is 0.363 e. The number of aromatic carboxylic acids is 1.